The fourth-order valence-electron chi connectivity index (χ4n) is 3.70. The van der Waals surface area contributed by atoms with Crippen molar-refractivity contribution < 1.29 is 19.0 Å². The fourth-order valence-corrected chi connectivity index (χ4v) is 3.70. The maximum Gasteiger partial charge on any atom is 0.231 e. The van der Waals surface area contributed by atoms with Gasteiger partial charge >= 0.3 is 0 Å². The maximum absolute atomic E-state index is 12.7. The molecule has 2 aromatic carbocycles. The number of para-hydroxylation sites is 2. The standard InChI is InChI=1S/C22H24N2O4/c1-26-11-5-10-23-21(25)12-17(16-7-4-9-20-22(16)28-14-27-20)18-13-24-19-8-3-2-6-15(18)19/h2-4,6-9,13,17,24H,5,10-12,14H2,1H3,(H,23,25)/t17-/m1/s1. The zero-order valence-electron chi connectivity index (χ0n) is 15.9. The molecule has 1 aliphatic heterocycles. The maximum atomic E-state index is 12.7. The molecule has 2 heterocycles. The number of hydrogen-bond donors (Lipinski definition) is 2. The molecule has 0 radical (unpaired) electrons. The van der Waals surface area contributed by atoms with Gasteiger partial charge in [0.2, 0.25) is 12.7 Å². The van der Waals surface area contributed by atoms with Crippen molar-refractivity contribution in [3.05, 3.63) is 59.8 Å². The molecule has 0 saturated carbocycles. The third-order valence-corrected chi connectivity index (χ3v) is 5.04. The summed E-state index contributed by atoms with van der Waals surface area (Å²) in [5.74, 6) is 1.31. The van der Waals surface area contributed by atoms with E-state index in [0.717, 1.165) is 39.9 Å². The molecule has 0 bridgehead atoms. The molecular weight excluding hydrogens is 356 g/mol. The summed E-state index contributed by atoms with van der Waals surface area (Å²) in [5, 5.41) is 4.10. The van der Waals surface area contributed by atoms with Gasteiger partial charge in [-0.05, 0) is 24.1 Å². The highest BCUT2D eigenvalue weighted by atomic mass is 16.7. The van der Waals surface area contributed by atoms with Crippen LogP contribution in [0.4, 0.5) is 0 Å². The Labute approximate surface area is 163 Å². The van der Waals surface area contributed by atoms with Crippen LogP contribution >= 0.6 is 0 Å². The Hall–Kier alpha value is -2.99. The monoisotopic (exact) mass is 380 g/mol. The van der Waals surface area contributed by atoms with Crippen molar-refractivity contribution >= 4 is 16.8 Å². The third kappa shape index (κ3) is 3.68. The number of H-pyrrole nitrogens is 1. The molecule has 28 heavy (non-hydrogen) atoms. The quantitative estimate of drug-likeness (QED) is 0.586. The summed E-state index contributed by atoms with van der Waals surface area (Å²) in [6.07, 6.45) is 3.11. The normalized spacial score (nSPS) is 13.6. The van der Waals surface area contributed by atoms with Crippen LogP contribution in [-0.2, 0) is 9.53 Å². The topological polar surface area (TPSA) is 72.6 Å². The first kappa shape index (κ1) is 18.4. The van der Waals surface area contributed by atoms with E-state index in [9.17, 15) is 4.79 Å². The lowest BCUT2D eigenvalue weighted by molar-refractivity contribution is -0.121. The van der Waals surface area contributed by atoms with Crippen molar-refractivity contribution in [2.75, 3.05) is 27.1 Å². The van der Waals surface area contributed by atoms with Crippen molar-refractivity contribution in [3.63, 3.8) is 0 Å². The molecule has 2 N–H and O–H groups in total. The van der Waals surface area contributed by atoms with Gasteiger partial charge in [-0.1, -0.05) is 30.3 Å². The van der Waals surface area contributed by atoms with Gasteiger partial charge < -0.3 is 24.5 Å². The van der Waals surface area contributed by atoms with Gasteiger partial charge in [0.05, 0.1) is 0 Å². The van der Waals surface area contributed by atoms with Gasteiger partial charge in [0, 0.05) is 55.3 Å². The zero-order valence-corrected chi connectivity index (χ0v) is 15.9. The molecule has 3 aromatic rings. The average Bonchev–Trinajstić information content (AvgIpc) is 3.36. The minimum atomic E-state index is -0.143. The highest BCUT2D eigenvalue weighted by molar-refractivity contribution is 5.86. The summed E-state index contributed by atoms with van der Waals surface area (Å²) in [4.78, 5) is 16.0. The second kappa shape index (κ2) is 8.35. The molecule has 4 rings (SSSR count). The Balaban J connectivity index is 1.66. The smallest absolute Gasteiger partial charge is 0.231 e. The molecule has 1 atom stereocenters. The molecule has 0 saturated heterocycles. The molecule has 6 heteroatoms. The molecule has 0 fully saturated rings. The Morgan fingerprint density at radius 2 is 2.07 bits per heavy atom. The zero-order chi connectivity index (χ0) is 19.3. The van der Waals surface area contributed by atoms with Gasteiger partial charge in [0.1, 0.15) is 0 Å². The van der Waals surface area contributed by atoms with E-state index in [0.29, 0.717) is 19.6 Å². The van der Waals surface area contributed by atoms with E-state index in [2.05, 4.69) is 16.4 Å². The van der Waals surface area contributed by atoms with Crippen molar-refractivity contribution in [2.45, 2.75) is 18.8 Å². The van der Waals surface area contributed by atoms with Gasteiger partial charge in [-0.3, -0.25) is 4.79 Å². The van der Waals surface area contributed by atoms with E-state index in [1.807, 2.05) is 42.6 Å². The lowest BCUT2D eigenvalue weighted by Crippen LogP contribution is -2.27. The van der Waals surface area contributed by atoms with Crippen LogP contribution in [0.25, 0.3) is 10.9 Å². The number of aromatic amines is 1. The predicted octanol–water partition coefficient (Wildman–Crippen LogP) is 3.57. The first-order valence-electron chi connectivity index (χ1n) is 9.48. The molecule has 0 unspecified atom stereocenters. The highest BCUT2D eigenvalue weighted by Gasteiger charge is 2.28. The number of nitrogens with one attached hydrogen (secondary N) is 2. The van der Waals surface area contributed by atoms with Gasteiger partial charge in [-0.15, -0.1) is 0 Å². The summed E-state index contributed by atoms with van der Waals surface area (Å²) in [6.45, 7) is 1.43. The first-order valence-corrected chi connectivity index (χ1v) is 9.48. The molecule has 0 spiro atoms. The Bertz CT molecular complexity index is 966. The van der Waals surface area contributed by atoms with Crippen LogP contribution in [0.3, 0.4) is 0 Å². The lowest BCUT2D eigenvalue weighted by Gasteiger charge is -2.19. The number of benzene rings is 2. The number of carbonyl (C=O) groups excluding carboxylic acids is 1. The molecular formula is C22H24N2O4. The van der Waals surface area contributed by atoms with Crippen LogP contribution in [0.2, 0.25) is 0 Å². The second-order valence-corrected chi connectivity index (χ2v) is 6.82. The SMILES string of the molecule is COCCCNC(=O)C[C@H](c1cccc2c1OCO2)c1c[nH]c2ccccc12. The first-order chi connectivity index (χ1) is 13.8. The lowest BCUT2D eigenvalue weighted by atomic mass is 9.87. The predicted molar refractivity (Wildman–Crippen MR) is 107 cm³/mol. The van der Waals surface area contributed by atoms with Gasteiger partial charge in [0.15, 0.2) is 11.5 Å². The minimum Gasteiger partial charge on any atom is -0.454 e. The number of fused-ring (bicyclic) bond motifs is 2. The number of aromatic nitrogens is 1. The molecule has 0 aliphatic carbocycles. The van der Waals surface area contributed by atoms with Crippen molar-refractivity contribution in [3.8, 4) is 11.5 Å². The molecule has 1 aliphatic rings. The van der Waals surface area contributed by atoms with Gasteiger partial charge in [-0.25, -0.2) is 0 Å². The van der Waals surface area contributed by atoms with E-state index in [1.54, 1.807) is 7.11 Å². The third-order valence-electron chi connectivity index (χ3n) is 5.04. The van der Waals surface area contributed by atoms with E-state index >= 15 is 0 Å². The highest BCUT2D eigenvalue weighted by Crippen LogP contribution is 2.43. The summed E-state index contributed by atoms with van der Waals surface area (Å²) >= 11 is 0. The van der Waals surface area contributed by atoms with E-state index in [-0.39, 0.29) is 18.6 Å². The Morgan fingerprint density at radius 3 is 2.96 bits per heavy atom. The van der Waals surface area contributed by atoms with Crippen molar-refractivity contribution in [2.24, 2.45) is 0 Å². The van der Waals surface area contributed by atoms with E-state index < -0.39 is 0 Å². The molecule has 1 amide bonds. The van der Waals surface area contributed by atoms with Gasteiger partial charge in [0.25, 0.3) is 0 Å². The molecule has 1 aromatic heterocycles. The van der Waals surface area contributed by atoms with Crippen LogP contribution in [0.15, 0.2) is 48.7 Å². The minimum absolute atomic E-state index is 0.00269. The number of methoxy groups -OCH3 is 1. The fraction of sp³-hybridized carbons (Fsp3) is 0.318. The Morgan fingerprint density at radius 1 is 1.18 bits per heavy atom. The van der Waals surface area contributed by atoms with Crippen molar-refractivity contribution in [1.82, 2.24) is 10.3 Å². The van der Waals surface area contributed by atoms with E-state index in [4.69, 9.17) is 14.2 Å². The summed E-state index contributed by atoms with van der Waals surface area (Å²) in [7, 11) is 1.66. The van der Waals surface area contributed by atoms with E-state index in [1.165, 1.54) is 0 Å². The van der Waals surface area contributed by atoms with Crippen LogP contribution in [0, 0.1) is 0 Å². The van der Waals surface area contributed by atoms with Crippen LogP contribution in [0.5, 0.6) is 11.5 Å². The Kier molecular flexibility index (Phi) is 5.48. The van der Waals surface area contributed by atoms with Gasteiger partial charge in [-0.2, -0.15) is 0 Å². The number of carbonyl (C=O) groups is 1. The summed E-state index contributed by atoms with van der Waals surface area (Å²) < 4.78 is 16.3. The second-order valence-electron chi connectivity index (χ2n) is 6.82. The largest absolute Gasteiger partial charge is 0.454 e. The van der Waals surface area contributed by atoms with Crippen molar-refractivity contribution in [1.29, 1.82) is 0 Å². The molecule has 146 valence electrons. The summed E-state index contributed by atoms with van der Waals surface area (Å²) in [6, 6.07) is 14.0. The average molecular weight is 380 g/mol. The number of rotatable bonds is 8. The summed E-state index contributed by atoms with van der Waals surface area (Å²) in [5.41, 5.74) is 3.09. The molecule has 6 nitrogen and oxygen atoms in total. The number of ether oxygens (including phenoxy) is 3. The number of amides is 1. The van der Waals surface area contributed by atoms with Crippen LogP contribution < -0.4 is 14.8 Å². The number of hydrogen-bond acceptors (Lipinski definition) is 4. The van der Waals surface area contributed by atoms with Crippen LogP contribution in [-0.4, -0.2) is 37.9 Å². The van der Waals surface area contributed by atoms with Crippen LogP contribution in [0.1, 0.15) is 29.9 Å².